The molecular weight excluding hydrogens is 476 g/mol. The Hall–Kier alpha value is -4.54. The van der Waals surface area contributed by atoms with Crippen molar-refractivity contribution in [3.05, 3.63) is 76.1 Å². The van der Waals surface area contributed by atoms with Gasteiger partial charge in [-0.1, -0.05) is 43.5 Å². The maximum absolute atomic E-state index is 11.3. The molecule has 0 bridgehead atoms. The van der Waals surface area contributed by atoms with E-state index in [1.165, 1.54) is 72.8 Å². The molecule has 0 radical (unpaired) electrons. The van der Waals surface area contributed by atoms with Crippen LogP contribution in [0.2, 0.25) is 0 Å². The lowest BCUT2D eigenvalue weighted by atomic mass is 9.84. The number of ether oxygens (including phenoxy) is 1. The number of nitro benzene ring substituents is 1. The molecule has 2 N–H and O–H groups in total. The van der Waals surface area contributed by atoms with Crippen LogP contribution in [-0.4, -0.2) is 35.5 Å². The first kappa shape index (κ1) is 24.2. The topological polar surface area (TPSA) is 145 Å². The molecule has 0 atom stereocenters. The number of imidazole rings is 1. The predicted octanol–water partition coefficient (Wildman–Crippen LogP) is 5.27. The summed E-state index contributed by atoms with van der Waals surface area (Å²) in [5, 5.41) is 23.4. The molecule has 0 spiro atoms. The number of nitro groups is 1. The average Bonchev–Trinajstić information content (AvgIpc) is 3.31. The van der Waals surface area contributed by atoms with E-state index in [1.54, 1.807) is 0 Å². The van der Waals surface area contributed by atoms with Gasteiger partial charge in [-0.15, -0.1) is 0 Å². The van der Waals surface area contributed by atoms with Crippen LogP contribution in [0.4, 0.5) is 11.6 Å². The highest BCUT2D eigenvalue weighted by atomic mass is 16.6. The van der Waals surface area contributed by atoms with E-state index in [0.717, 1.165) is 5.56 Å². The summed E-state index contributed by atoms with van der Waals surface area (Å²) in [6.07, 6.45) is 7.75. The zero-order valence-electron chi connectivity index (χ0n) is 20.0. The highest BCUT2D eigenvalue weighted by molar-refractivity contribution is 5.79. The van der Waals surface area contributed by atoms with Crippen molar-refractivity contribution in [1.82, 2.24) is 19.5 Å². The molecule has 1 aliphatic rings. The van der Waals surface area contributed by atoms with Gasteiger partial charge in [0.15, 0.2) is 11.2 Å². The van der Waals surface area contributed by atoms with E-state index >= 15 is 0 Å². The minimum absolute atomic E-state index is 0.0669. The Morgan fingerprint density at radius 3 is 2.49 bits per heavy atom. The van der Waals surface area contributed by atoms with Crippen molar-refractivity contribution in [2.75, 3.05) is 5.32 Å². The van der Waals surface area contributed by atoms with Crippen LogP contribution >= 0.6 is 0 Å². The van der Waals surface area contributed by atoms with E-state index in [0.29, 0.717) is 23.9 Å². The third-order valence-corrected chi connectivity index (χ3v) is 6.51. The summed E-state index contributed by atoms with van der Waals surface area (Å²) in [6, 6.07) is 14.1. The van der Waals surface area contributed by atoms with Crippen LogP contribution in [-0.2, 0) is 17.9 Å². The molecule has 11 heteroatoms. The van der Waals surface area contributed by atoms with E-state index in [-0.39, 0.29) is 29.6 Å². The van der Waals surface area contributed by atoms with Crippen LogP contribution in [0.1, 0.15) is 49.1 Å². The SMILES string of the molecule is O=C(O)Cn1cnc2c(Oc3ccc([N+](=O)[O-])cc3)nc(NCc3ccc(C4CCCCC4)cc3)nc21. The lowest BCUT2D eigenvalue weighted by Gasteiger charge is -2.22. The van der Waals surface area contributed by atoms with Gasteiger partial charge in [-0.25, -0.2) is 4.98 Å². The Morgan fingerprint density at radius 1 is 1.08 bits per heavy atom. The number of rotatable bonds is 9. The summed E-state index contributed by atoms with van der Waals surface area (Å²) < 4.78 is 7.28. The van der Waals surface area contributed by atoms with Gasteiger partial charge >= 0.3 is 5.97 Å². The van der Waals surface area contributed by atoms with Gasteiger partial charge in [-0.05, 0) is 42.0 Å². The van der Waals surface area contributed by atoms with Crippen molar-refractivity contribution < 1.29 is 19.6 Å². The molecule has 1 saturated carbocycles. The second kappa shape index (κ2) is 10.6. The van der Waals surface area contributed by atoms with E-state index in [4.69, 9.17) is 4.74 Å². The molecule has 0 saturated heterocycles. The normalized spacial score (nSPS) is 13.9. The lowest BCUT2D eigenvalue weighted by molar-refractivity contribution is -0.384. The van der Waals surface area contributed by atoms with Crippen molar-refractivity contribution in [3.63, 3.8) is 0 Å². The van der Waals surface area contributed by atoms with Crippen LogP contribution in [0.25, 0.3) is 11.2 Å². The van der Waals surface area contributed by atoms with E-state index in [2.05, 4.69) is 44.5 Å². The molecule has 4 aromatic rings. The molecule has 37 heavy (non-hydrogen) atoms. The molecule has 2 aromatic carbocycles. The number of anilines is 1. The smallest absolute Gasteiger partial charge is 0.323 e. The summed E-state index contributed by atoms with van der Waals surface area (Å²) in [5.74, 6) is 0.271. The number of carbonyl (C=O) groups is 1. The molecular formula is C26H26N6O5. The number of non-ortho nitro benzene ring substituents is 1. The standard InChI is InChI=1S/C26H26N6O5/c33-22(34)15-31-16-28-23-24(31)29-26(30-25(23)37-21-12-10-20(11-13-21)32(35)36)27-14-17-6-8-19(9-7-17)18-4-2-1-3-5-18/h6-13,16,18H,1-5,14-15H2,(H,33,34)(H,27,29,30). The van der Waals surface area contributed by atoms with E-state index in [1.807, 2.05) is 0 Å². The van der Waals surface area contributed by atoms with Gasteiger partial charge in [0.05, 0.1) is 11.3 Å². The number of aliphatic carboxylic acids is 1. The van der Waals surface area contributed by atoms with Crippen molar-refractivity contribution in [1.29, 1.82) is 0 Å². The maximum atomic E-state index is 11.3. The highest BCUT2D eigenvalue weighted by Crippen LogP contribution is 2.33. The number of hydrogen-bond acceptors (Lipinski definition) is 8. The number of benzene rings is 2. The molecule has 1 aliphatic carbocycles. The van der Waals surface area contributed by atoms with Gasteiger partial charge in [0.2, 0.25) is 5.95 Å². The van der Waals surface area contributed by atoms with Gasteiger partial charge in [-0.2, -0.15) is 9.97 Å². The third kappa shape index (κ3) is 5.66. The van der Waals surface area contributed by atoms with Crippen LogP contribution < -0.4 is 10.1 Å². The molecule has 0 amide bonds. The lowest BCUT2D eigenvalue weighted by Crippen LogP contribution is -2.10. The second-order valence-corrected chi connectivity index (χ2v) is 9.07. The van der Waals surface area contributed by atoms with Crippen molar-refractivity contribution >= 4 is 28.8 Å². The summed E-state index contributed by atoms with van der Waals surface area (Å²) in [6.45, 7) is 0.132. The number of nitrogens with zero attached hydrogens (tertiary/aromatic N) is 5. The highest BCUT2D eigenvalue weighted by Gasteiger charge is 2.18. The van der Waals surface area contributed by atoms with Gasteiger partial charge in [0.25, 0.3) is 11.6 Å². The molecule has 0 unspecified atom stereocenters. The zero-order valence-corrected chi connectivity index (χ0v) is 20.0. The molecule has 1 fully saturated rings. The second-order valence-electron chi connectivity index (χ2n) is 9.07. The summed E-state index contributed by atoms with van der Waals surface area (Å²) >= 11 is 0. The summed E-state index contributed by atoms with van der Waals surface area (Å²) in [7, 11) is 0. The Balaban J connectivity index is 1.38. The van der Waals surface area contributed by atoms with Gasteiger partial charge in [0, 0.05) is 18.7 Å². The summed E-state index contributed by atoms with van der Waals surface area (Å²) in [4.78, 5) is 34.9. The first-order chi connectivity index (χ1) is 18.0. The van der Waals surface area contributed by atoms with Gasteiger partial charge in [-0.3, -0.25) is 14.9 Å². The van der Waals surface area contributed by atoms with Crippen LogP contribution in [0.3, 0.4) is 0 Å². The fraction of sp³-hybridized carbons (Fsp3) is 0.308. The Bertz CT molecular complexity index is 1410. The fourth-order valence-corrected chi connectivity index (χ4v) is 4.60. The average molecular weight is 503 g/mol. The van der Waals surface area contributed by atoms with Gasteiger partial charge < -0.3 is 19.7 Å². The minimum Gasteiger partial charge on any atom is -0.480 e. The largest absolute Gasteiger partial charge is 0.480 e. The van der Waals surface area contributed by atoms with Crippen molar-refractivity contribution in [2.45, 2.75) is 51.1 Å². The van der Waals surface area contributed by atoms with Crippen LogP contribution in [0.5, 0.6) is 11.6 Å². The Labute approximate surface area is 212 Å². The third-order valence-electron chi connectivity index (χ3n) is 6.51. The fourth-order valence-electron chi connectivity index (χ4n) is 4.60. The van der Waals surface area contributed by atoms with Crippen LogP contribution in [0.15, 0.2) is 54.9 Å². The molecule has 2 aromatic heterocycles. The zero-order chi connectivity index (χ0) is 25.8. The number of hydrogen-bond donors (Lipinski definition) is 2. The maximum Gasteiger partial charge on any atom is 0.323 e. The number of fused-ring (bicyclic) bond motifs is 1. The monoisotopic (exact) mass is 502 g/mol. The first-order valence-corrected chi connectivity index (χ1v) is 12.2. The minimum atomic E-state index is -1.04. The van der Waals surface area contributed by atoms with E-state index in [9.17, 15) is 20.0 Å². The predicted molar refractivity (Wildman–Crippen MR) is 136 cm³/mol. The number of carboxylic acids is 1. The Morgan fingerprint density at radius 2 is 1.81 bits per heavy atom. The molecule has 11 nitrogen and oxygen atoms in total. The summed E-state index contributed by atoms with van der Waals surface area (Å²) in [5.41, 5.74) is 2.94. The Kier molecular flexibility index (Phi) is 6.93. The molecule has 190 valence electrons. The number of carboxylic acid groups (broad SMARTS) is 1. The van der Waals surface area contributed by atoms with Crippen molar-refractivity contribution in [3.8, 4) is 11.6 Å². The molecule has 0 aliphatic heterocycles. The molecule has 5 rings (SSSR count). The number of nitrogens with one attached hydrogen (secondary N) is 1. The first-order valence-electron chi connectivity index (χ1n) is 12.2. The quantitative estimate of drug-likeness (QED) is 0.231. The van der Waals surface area contributed by atoms with E-state index < -0.39 is 10.9 Å². The molecule has 2 heterocycles. The van der Waals surface area contributed by atoms with Gasteiger partial charge in [0.1, 0.15) is 12.3 Å². The van der Waals surface area contributed by atoms with Crippen molar-refractivity contribution in [2.24, 2.45) is 0 Å². The van der Waals surface area contributed by atoms with Crippen LogP contribution in [0, 0.1) is 10.1 Å². The number of aromatic nitrogens is 4.